The Labute approximate surface area is 146 Å². The molecule has 1 aromatic carbocycles. The SMILES string of the molecule is O=C(c1cnccn1)N1CCCC2(CCN(c3cccc(F)c3)C2)C1. The number of likely N-dealkylation sites (tertiary alicyclic amines) is 1. The van der Waals surface area contributed by atoms with Crippen molar-refractivity contribution in [3.05, 3.63) is 54.4 Å². The number of carbonyl (C=O) groups is 1. The highest BCUT2D eigenvalue weighted by Gasteiger charge is 2.42. The molecular weight excluding hydrogens is 319 g/mol. The molecule has 1 atom stereocenters. The van der Waals surface area contributed by atoms with Gasteiger partial charge in [0.25, 0.3) is 5.91 Å². The number of rotatable bonds is 2. The molecule has 3 heterocycles. The van der Waals surface area contributed by atoms with Gasteiger partial charge in [-0.1, -0.05) is 6.07 Å². The number of halogens is 1. The van der Waals surface area contributed by atoms with E-state index in [9.17, 15) is 9.18 Å². The zero-order chi connectivity index (χ0) is 17.3. The van der Waals surface area contributed by atoms with Crippen LogP contribution in [0, 0.1) is 11.2 Å². The number of hydrogen-bond acceptors (Lipinski definition) is 4. The molecule has 1 aromatic heterocycles. The molecule has 2 saturated heterocycles. The Hall–Kier alpha value is -2.50. The number of piperidine rings is 1. The summed E-state index contributed by atoms with van der Waals surface area (Å²) < 4.78 is 13.5. The first-order chi connectivity index (χ1) is 12.2. The third-order valence-electron chi connectivity index (χ3n) is 5.34. The minimum Gasteiger partial charge on any atom is -0.371 e. The van der Waals surface area contributed by atoms with E-state index in [-0.39, 0.29) is 17.1 Å². The van der Waals surface area contributed by atoms with Crippen molar-refractivity contribution in [2.75, 3.05) is 31.1 Å². The monoisotopic (exact) mass is 340 g/mol. The van der Waals surface area contributed by atoms with Gasteiger partial charge in [-0.15, -0.1) is 0 Å². The summed E-state index contributed by atoms with van der Waals surface area (Å²) in [5, 5.41) is 0. The lowest BCUT2D eigenvalue weighted by Gasteiger charge is -2.40. The van der Waals surface area contributed by atoms with Crippen LogP contribution < -0.4 is 4.90 Å². The topological polar surface area (TPSA) is 49.3 Å². The summed E-state index contributed by atoms with van der Waals surface area (Å²) in [6.07, 6.45) is 7.76. The molecule has 5 nitrogen and oxygen atoms in total. The number of hydrogen-bond donors (Lipinski definition) is 0. The second-order valence-corrected chi connectivity index (χ2v) is 7.07. The largest absolute Gasteiger partial charge is 0.371 e. The van der Waals surface area contributed by atoms with Crippen LogP contribution in [0.25, 0.3) is 0 Å². The van der Waals surface area contributed by atoms with Crippen LogP contribution in [0.1, 0.15) is 29.8 Å². The molecule has 2 aliphatic rings. The highest BCUT2D eigenvalue weighted by atomic mass is 19.1. The average Bonchev–Trinajstić information content (AvgIpc) is 3.05. The first-order valence-electron chi connectivity index (χ1n) is 8.71. The number of carbonyl (C=O) groups excluding carboxylic acids is 1. The Balaban J connectivity index is 1.49. The van der Waals surface area contributed by atoms with Crippen LogP contribution in [0.3, 0.4) is 0 Å². The number of benzene rings is 1. The molecule has 1 spiro atoms. The molecule has 130 valence electrons. The van der Waals surface area contributed by atoms with Gasteiger partial charge in [-0.3, -0.25) is 9.78 Å². The van der Waals surface area contributed by atoms with Gasteiger partial charge in [-0.2, -0.15) is 0 Å². The van der Waals surface area contributed by atoms with Crippen LogP contribution in [0.2, 0.25) is 0 Å². The summed E-state index contributed by atoms with van der Waals surface area (Å²) in [6.45, 7) is 3.25. The van der Waals surface area contributed by atoms with Crippen LogP contribution in [-0.2, 0) is 0 Å². The zero-order valence-corrected chi connectivity index (χ0v) is 14.1. The van der Waals surface area contributed by atoms with E-state index >= 15 is 0 Å². The van der Waals surface area contributed by atoms with E-state index < -0.39 is 0 Å². The smallest absolute Gasteiger partial charge is 0.274 e. The van der Waals surface area contributed by atoms with Crippen LogP contribution in [0.15, 0.2) is 42.9 Å². The van der Waals surface area contributed by atoms with E-state index in [2.05, 4.69) is 14.9 Å². The molecule has 2 fully saturated rings. The lowest BCUT2D eigenvalue weighted by Crippen LogP contribution is -2.47. The number of amides is 1. The quantitative estimate of drug-likeness (QED) is 0.843. The molecule has 0 aliphatic carbocycles. The van der Waals surface area contributed by atoms with Gasteiger partial charge in [0.2, 0.25) is 0 Å². The first-order valence-corrected chi connectivity index (χ1v) is 8.71. The molecule has 1 amide bonds. The number of aromatic nitrogens is 2. The van der Waals surface area contributed by atoms with Gasteiger partial charge >= 0.3 is 0 Å². The summed E-state index contributed by atoms with van der Waals surface area (Å²) >= 11 is 0. The maximum Gasteiger partial charge on any atom is 0.274 e. The van der Waals surface area contributed by atoms with Crippen molar-refractivity contribution in [3.8, 4) is 0 Å². The fraction of sp³-hybridized carbons (Fsp3) is 0.421. The van der Waals surface area contributed by atoms with Gasteiger partial charge in [0.05, 0.1) is 6.20 Å². The second-order valence-electron chi connectivity index (χ2n) is 7.07. The molecule has 0 saturated carbocycles. The Bertz CT molecular complexity index is 769. The van der Waals surface area contributed by atoms with Crippen molar-refractivity contribution in [2.24, 2.45) is 5.41 Å². The Morgan fingerprint density at radius 3 is 2.88 bits per heavy atom. The molecule has 0 bridgehead atoms. The second kappa shape index (κ2) is 6.43. The predicted octanol–water partition coefficient (Wildman–Crippen LogP) is 2.75. The Morgan fingerprint density at radius 1 is 1.16 bits per heavy atom. The lowest BCUT2D eigenvalue weighted by atomic mass is 9.79. The minimum atomic E-state index is -0.207. The normalized spacial score (nSPS) is 23.2. The fourth-order valence-corrected chi connectivity index (χ4v) is 4.11. The van der Waals surface area contributed by atoms with Crippen LogP contribution in [0.5, 0.6) is 0 Å². The lowest BCUT2D eigenvalue weighted by molar-refractivity contribution is 0.0550. The van der Waals surface area contributed by atoms with Crippen molar-refractivity contribution in [3.63, 3.8) is 0 Å². The molecule has 0 N–H and O–H groups in total. The molecule has 6 heteroatoms. The predicted molar refractivity (Wildman–Crippen MR) is 92.8 cm³/mol. The van der Waals surface area contributed by atoms with Crippen molar-refractivity contribution in [1.82, 2.24) is 14.9 Å². The molecule has 2 aliphatic heterocycles. The third-order valence-corrected chi connectivity index (χ3v) is 5.34. The van der Waals surface area contributed by atoms with Gasteiger partial charge in [0.15, 0.2) is 0 Å². The third kappa shape index (κ3) is 3.21. The molecular formula is C19H21FN4O. The summed E-state index contributed by atoms with van der Waals surface area (Å²) in [7, 11) is 0. The maximum atomic E-state index is 13.5. The number of nitrogens with zero attached hydrogens (tertiary/aromatic N) is 4. The van der Waals surface area contributed by atoms with Crippen molar-refractivity contribution >= 4 is 11.6 Å². The van der Waals surface area contributed by atoms with Crippen molar-refractivity contribution in [2.45, 2.75) is 19.3 Å². The van der Waals surface area contributed by atoms with E-state index in [0.29, 0.717) is 5.69 Å². The molecule has 2 aromatic rings. The van der Waals surface area contributed by atoms with Gasteiger partial charge in [0.1, 0.15) is 11.5 Å². The van der Waals surface area contributed by atoms with Crippen LogP contribution in [0.4, 0.5) is 10.1 Å². The molecule has 0 radical (unpaired) electrons. The average molecular weight is 340 g/mol. The fourth-order valence-electron chi connectivity index (χ4n) is 4.11. The van der Waals surface area contributed by atoms with E-state index in [1.165, 1.54) is 12.3 Å². The van der Waals surface area contributed by atoms with Gasteiger partial charge in [0, 0.05) is 49.7 Å². The maximum absolute atomic E-state index is 13.5. The molecule has 1 unspecified atom stereocenters. The van der Waals surface area contributed by atoms with Crippen LogP contribution >= 0.6 is 0 Å². The van der Waals surface area contributed by atoms with E-state index in [1.54, 1.807) is 24.5 Å². The molecule has 4 rings (SSSR count). The van der Waals surface area contributed by atoms with Crippen LogP contribution in [-0.4, -0.2) is 47.0 Å². The van der Waals surface area contributed by atoms with Gasteiger partial charge in [-0.25, -0.2) is 9.37 Å². The van der Waals surface area contributed by atoms with E-state index in [1.807, 2.05) is 11.0 Å². The summed E-state index contributed by atoms with van der Waals surface area (Å²) in [5.41, 5.74) is 1.41. The molecule has 25 heavy (non-hydrogen) atoms. The highest BCUT2D eigenvalue weighted by molar-refractivity contribution is 5.92. The van der Waals surface area contributed by atoms with E-state index in [0.717, 1.165) is 51.1 Å². The number of anilines is 1. The summed E-state index contributed by atoms with van der Waals surface area (Å²) in [5.74, 6) is -0.252. The summed E-state index contributed by atoms with van der Waals surface area (Å²) in [6, 6.07) is 6.76. The van der Waals surface area contributed by atoms with E-state index in [4.69, 9.17) is 0 Å². The van der Waals surface area contributed by atoms with Crippen molar-refractivity contribution in [1.29, 1.82) is 0 Å². The first kappa shape index (κ1) is 16.0. The van der Waals surface area contributed by atoms with Gasteiger partial charge in [-0.05, 0) is 37.5 Å². The standard InChI is InChI=1S/C19H21FN4O/c20-15-3-1-4-16(11-15)23-10-6-19(13-23)5-2-9-24(14-19)18(25)17-12-21-7-8-22-17/h1,3-4,7-8,11-12H,2,5-6,9-10,13-14H2. The Kier molecular flexibility index (Phi) is 4.11. The van der Waals surface area contributed by atoms with Gasteiger partial charge < -0.3 is 9.80 Å². The van der Waals surface area contributed by atoms with Crippen molar-refractivity contribution < 1.29 is 9.18 Å². The minimum absolute atomic E-state index is 0.0450. The summed E-state index contributed by atoms with van der Waals surface area (Å²) in [4.78, 5) is 25.0. The zero-order valence-electron chi connectivity index (χ0n) is 14.1. The Morgan fingerprint density at radius 2 is 2.08 bits per heavy atom. The highest BCUT2D eigenvalue weighted by Crippen LogP contribution is 2.40.